The number of nitrogens with zero attached hydrogens (tertiary/aromatic N) is 1. The number of ether oxygens (including phenoxy) is 2. The summed E-state index contributed by atoms with van der Waals surface area (Å²) in [7, 11) is 3.25. The Morgan fingerprint density at radius 3 is 2.26 bits per heavy atom. The Kier molecular flexibility index (Phi) is 6.77. The van der Waals surface area contributed by atoms with Crippen molar-refractivity contribution in [3.05, 3.63) is 29.6 Å². The van der Waals surface area contributed by atoms with E-state index in [1.165, 1.54) is 6.07 Å². The van der Waals surface area contributed by atoms with Gasteiger partial charge in [-0.2, -0.15) is 0 Å². The van der Waals surface area contributed by atoms with Crippen molar-refractivity contribution in [3.63, 3.8) is 0 Å². The number of para-hydroxylation sites is 1. The molecule has 19 heavy (non-hydrogen) atoms. The lowest BCUT2D eigenvalue weighted by Gasteiger charge is -2.28. The number of hydrogen-bond donors (Lipinski definition) is 1. The first-order chi connectivity index (χ1) is 9.11. The summed E-state index contributed by atoms with van der Waals surface area (Å²) in [4.78, 5) is 1.92. The maximum absolute atomic E-state index is 14.1. The minimum Gasteiger partial charge on any atom is -0.383 e. The van der Waals surface area contributed by atoms with Gasteiger partial charge < -0.3 is 20.1 Å². The molecule has 0 spiro atoms. The van der Waals surface area contributed by atoms with Gasteiger partial charge in [-0.25, -0.2) is 4.39 Å². The first-order valence-corrected chi connectivity index (χ1v) is 6.38. The Bertz CT molecular complexity index is 378. The molecule has 0 radical (unpaired) electrons. The summed E-state index contributed by atoms with van der Waals surface area (Å²) < 4.78 is 24.3. The number of hydrogen-bond acceptors (Lipinski definition) is 4. The second kappa shape index (κ2) is 8.09. The van der Waals surface area contributed by atoms with Crippen LogP contribution in [0.2, 0.25) is 0 Å². The highest BCUT2D eigenvalue weighted by Crippen LogP contribution is 2.28. The van der Waals surface area contributed by atoms with Gasteiger partial charge in [-0.15, -0.1) is 0 Å². The summed E-state index contributed by atoms with van der Waals surface area (Å²) in [6.45, 7) is 4.09. The van der Waals surface area contributed by atoms with Crippen LogP contribution in [-0.2, 0) is 9.47 Å². The van der Waals surface area contributed by atoms with Crippen LogP contribution in [0.15, 0.2) is 18.2 Å². The third-order valence-electron chi connectivity index (χ3n) is 2.96. The molecule has 2 N–H and O–H groups in total. The minimum atomic E-state index is -0.262. The molecule has 0 unspecified atom stereocenters. The van der Waals surface area contributed by atoms with Crippen molar-refractivity contribution in [1.82, 2.24) is 0 Å². The van der Waals surface area contributed by atoms with E-state index < -0.39 is 0 Å². The average Bonchev–Trinajstić information content (AvgIpc) is 2.39. The summed E-state index contributed by atoms with van der Waals surface area (Å²) in [5, 5.41) is 0. The third kappa shape index (κ3) is 4.45. The van der Waals surface area contributed by atoms with E-state index in [2.05, 4.69) is 0 Å². The molecule has 0 bridgehead atoms. The van der Waals surface area contributed by atoms with Gasteiger partial charge in [-0.3, -0.25) is 0 Å². The fraction of sp³-hybridized carbons (Fsp3) is 0.571. The predicted octanol–water partition coefficient (Wildman–Crippen LogP) is 1.94. The molecule has 108 valence electrons. The SMILES string of the molecule is COCCN(CCOC)c1c(F)cccc1[C@@H](C)N. The molecule has 0 aliphatic carbocycles. The second-order valence-corrected chi connectivity index (χ2v) is 4.44. The molecular formula is C14H23FN2O2. The van der Waals surface area contributed by atoms with E-state index in [0.29, 0.717) is 32.0 Å². The molecule has 0 saturated heterocycles. The zero-order chi connectivity index (χ0) is 14.3. The number of methoxy groups -OCH3 is 2. The molecular weight excluding hydrogens is 247 g/mol. The lowest BCUT2D eigenvalue weighted by molar-refractivity contribution is 0.190. The molecule has 0 aliphatic heterocycles. The van der Waals surface area contributed by atoms with Crippen LogP contribution in [0, 0.1) is 5.82 Å². The molecule has 0 amide bonds. The highest BCUT2D eigenvalue weighted by Gasteiger charge is 2.17. The summed E-state index contributed by atoms with van der Waals surface area (Å²) >= 11 is 0. The van der Waals surface area contributed by atoms with Gasteiger partial charge in [0, 0.05) is 33.4 Å². The van der Waals surface area contributed by atoms with E-state index in [0.717, 1.165) is 5.56 Å². The van der Waals surface area contributed by atoms with E-state index in [4.69, 9.17) is 15.2 Å². The van der Waals surface area contributed by atoms with Crippen LogP contribution in [0.3, 0.4) is 0 Å². The Labute approximate surface area is 114 Å². The monoisotopic (exact) mass is 270 g/mol. The molecule has 4 nitrogen and oxygen atoms in total. The Morgan fingerprint density at radius 1 is 1.21 bits per heavy atom. The van der Waals surface area contributed by atoms with Crippen molar-refractivity contribution >= 4 is 5.69 Å². The maximum Gasteiger partial charge on any atom is 0.146 e. The van der Waals surface area contributed by atoms with Crippen LogP contribution in [0.5, 0.6) is 0 Å². The Morgan fingerprint density at radius 2 is 1.79 bits per heavy atom. The molecule has 0 saturated carbocycles. The number of rotatable bonds is 8. The van der Waals surface area contributed by atoms with Crippen molar-refractivity contribution in [2.75, 3.05) is 45.4 Å². The van der Waals surface area contributed by atoms with Gasteiger partial charge in [0.25, 0.3) is 0 Å². The molecule has 1 aromatic carbocycles. The number of halogens is 1. The van der Waals surface area contributed by atoms with E-state index in [9.17, 15) is 4.39 Å². The van der Waals surface area contributed by atoms with E-state index in [1.54, 1.807) is 20.3 Å². The molecule has 1 rings (SSSR count). The highest BCUT2D eigenvalue weighted by molar-refractivity contribution is 5.56. The quantitative estimate of drug-likeness (QED) is 0.784. The van der Waals surface area contributed by atoms with Crippen molar-refractivity contribution in [3.8, 4) is 0 Å². The molecule has 1 atom stereocenters. The summed E-state index contributed by atoms with van der Waals surface area (Å²) in [6, 6.07) is 4.77. The lowest BCUT2D eigenvalue weighted by Crippen LogP contribution is -2.33. The van der Waals surface area contributed by atoms with Crippen LogP contribution in [-0.4, -0.2) is 40.5 Å². The molecule has 0 fully saturated rings. The number of nitrogens with two attached hydrogens (primary N) is 1. The van der Waals surface area contributed by atoms with Crippen molar-refractivity contribution < 1.29 is 13.9 Å². The van der Waals surface area contributed by atoms with E-state index in [1.807, 2.05) is 17.9 Å². The van der Waals surface area contributed by atoms with Gasteiger partial charge in [-0.1, -0.05) is 12.1 Å². The number of benzene rings is 1. The minimum absolute atomic E-state index is 0.224. The average molecular weight is 270 g/mol. The summed E-state index contributed by atoms with van der Waals surface area (Å²) in [6.07, 6.45) is 0. The maximum atomic E-state index is 14.1. The van der Waals surface area contributed by atoms with Crippen LogP contribution < -0.4 is 10.6 Å². The highest BCUT2D eigenvalue weighted by atomic mass is 19.1. The first kappa shape index (κ1) is 15.9. The molecule has 0 aromatic heterocycles. The smallest absolute Gasteiger partial charge is 0.146 e. The third-order valence-corrected chi connectivity index (χ3v) is 2.96. The Balaban J connectivity index is 3.04. The first-order valence-electron chi connectivity index (χ1n) is 6.38. The van der Waals surface area contributed by atoms with E-state index in [-0.39, 0.29) is 11.9 Å². The zero-order valence-corrected chi connectivity index (χ0v) is 11.9. The predicted molar refractivity (Wildman–Crippen MR) is 75.0 cm³/mol. The van der Waals surface area contributed by atoms with Crippen LogP contribution in [0.25, 0.3) is 0 Å². The molecule has 0 heterocycles. The standard InChI is InChI=1S/C14H23FN2O2/c1-11(16)12-5-4-6-13(15)14(12)17(7-9-18-2)8-10-19-3/h4-6,11H,7-10,16H2,1-3H3/t11-/m1/s1. The van der Waals surface area contributed by atoms with Crippen LogP contribution >= 0.6 is 0 Å². The topological polar surface area (TPSA) is 47.7 Å². The van der Waals surface area contributed by atoms with Gasteiger partial charge in [0.05, 0.1) is 18.9 Å². The molecule has 5 heteroatoms. The van der Waals surface area contributed by atoms with Gasteiger partial charge in [0.2, 0.25) is 0 Å². The van der Waals surface area contributed by atoms with Gasteiger partial charge in [0.15, 0.2) is 0 Å². The molecule has 1 aromatic rings. The Hall–Kier alpha value is -1.17. The molecule has 0 aliphatic rings. The van der Waals surface area contributed by atoms with Gasteiger partial charge in [-0.05, 0) is 18.6 Å². The van der Waals surface area contributed by atoms with Crippen molar-refractivity contribution in [1.29, 1.82) is 0 Å². The summed E-state index contributed by atoms with van der Waals surface area (Å²) in [5.41, 5.74) is 7.27. The zero-order valence-electron chi connectivity index (χ0n) is 11.9. The van der Waals surface area contributed by atoms with Crippen LogP contribution in [0.4, 0.5) is 10.1 Å². The fourth-order valence-electron chi connectivity index (χ4n) is 1.97. The lowest BCUT2D eigenvalue weighted by atomic mass is 10.1. The normalized spacial score (nSPS) is 12.5. The van der Waals surface area contributed by atoms with Gasteiger partial charge >= 0.3 is 0 Å². The summed E-state index contributed by atoms with van der Waals surface area (Å²) in [5.74, 6) is -0.262. The van der Waals surface area contributed by atoms with E-state index >= 15 is 0 Å². The van der Waals surface area contributed by atoms with Crippen molar-refractivity contribution in [2.24, 2.45) is 5.73 Å². The van der Waals surface area contributed by atoms with Crippen molar-refractivity contribution in [2.45, 2.75) is 13.0 Å². The van der Waals surface area contributed by atoms with Crippen LogP contribution in [0.1, 0.15) is 18.5 Å². The second-order valence-electron chi connectivity index (χ2n) is 4.44. The largest absolute Gasteiger partial charge is 0.383 e. The van der Waals surface area contributed by atoms with Gasteiger partial charge in [0.1, 0.15) is 5.82 Å². The number of anilines is 1. The fourth-order valence-corrected chi connectivity index (χ4v) is 1.97.